The van der Waals surface area contributed by atoms with Crippen molar-refractivity contribution in [1.29, 1.82) is 0 Å². The SMILES string of the molecule is CN(c1ccccc1)c1ccc(/C=C2/SC(=S)NC2=O)cc1. The topological polar surface area (TPSA) is 32.3 Å². The Bertz CT molecular complexity index is 739. The van der Waals surface area contributed by atoms with Gasteiger partial charge in [0.25, 0.3) is 5.91 Å². The summed E-state index contributed by atoms with van der Waals surface area (Å²) in [4.78, 5) is 14.4. The molecule has 3 nitrogen and oxygen atoms in total. The molecular weight excluding hydrogens is 312 g/mol. The van der Waals surface area contributed by atoms with Crippen LogP contribution >= 0.6 is 24.0 Å². The van der Waals surface area contributed by atoms with Gasteiger partial charge in [0, 0.05) is 18.4 Å². The van der Waals surface area contributed by atoms with Crippen LogP contribution in [-0.4, -0.2) is 17.3 Å². The zero-order valence-corrected chi connectivity index (χ0v) is 13.6. The van der Waals surface area contributed by atoms with Crippen molar-refractivity contribution in [3.8, 4) is 0 Å². The summed E-state index contributed by atoms with van der Waals surface area (Å²) in [5.74, 6) is -0.125. The summed E-state index contributed by atoms with van der Waals surface area (Å²) in [6.45, 7) is 0. The summed E-state index contributed by atoms with van der Waals surface area (Å²) in [5.41, 5.74) is 3.20. The third-order valence-corrected chi connectivity index (χ3v) is 4.53. The number of benzene rings is 2. The number of rotatable bonds is 3. The number of hydrogen-bond donors (Lipinski definition) is 1. The fourth-order valence-corrected chi connectivity index (χ4v) is 3.21. The van der Waals surface area contributed by atoms with E-state index in [1.807, 2.05) is 55.6 Å². The van der Waals surface area contributed by atoms with Crippen LogP contribution in [0.2, 0.25) is 0 Å². The van der Waals surface area contributed by atoms with Gasteiger partial charge in [0.1, 0.15) is 4.32 Å². The van der Waals surface area contributed by atoms with Crippen LogP contribution in [0, 0.1) is 0 Å². The molecule has 0 bridgehead atoms. The molecule has 0 spiro atoms. The maximum Gasteiger partial charge on any atom is 0.263 e. The number of amides is 1. The predicted octanol–water partition coefficient (Wildman–Crippen LogP) is 3.94. The van der Waals surface area contributed by atoms with Crippen LogP contribution in [0.15, 0.2) is 59.5 Å². The van der Waals surface area contributed by atoms with Gasteiger partial charge in [-0.05, 0) is 35.9 Å². The summed E-state index contributed by atoms with van der Waals surface area (Å²) in [5, 5.41) is 2.62. The van der Waals surface area contributed by atoms with Gasteiger partial charge in [-0.1, -0.05) is 54.3 Å². The Kier molecular flexibility index (Phi) is 4.27. The lowest BCUT2D eigenvalue weighted by atomic mass is 10.1. The number of thiocarbonyl (C=S) groups is 1. The lowest BCUT2D eigenvalue weighted by molar-refractivity contribution is -0.115. The highest BCUT2D eigenvalue weighted by molar-refractivity contribution is 8.26. The smallest absolute Gasteiger partial charge is 0.263 e. The first-order chi connectivity index (χ1) is 10.6. The van der Waals surface area contributed by atoms with Gasteiger partial charge in [-0.3, -0.25) is 4.79 Å². The molecule has 110 valence electrons. The van der Waals surface area contributed by atoms with Gasteiger partial charge >= 0.3 is 0 Å². The van der Waals surface area contributed by atoms with E-state index in [1.54, 1.807) is 0 Å². The molecule has 1 fully saturated rings. The van der Waals surface area contributed by atoms with Gasteiger partial charge in [-0.2, -0.15) is 0 Å². The molecule has 2 aromatic rings. The number of anilines is 2. The zero-order valence-electron chi connectivity index (χ0n) is 11.9. The highest BCUT2D eigenvalue weighted by Gasteiger charge is 2.21. The minimum absolute atomic E-state index is 0.125. The Morgan fingerprint density at radius 3 is 2.27 bits per heavy atom. The van der Waals surface area contributed by atoms with E-state index in [2.05, 4.69) is 22.3 Å². The minimum atomic E-state index is -0.125. The van der Waals surface area contributed by atoms with Crippen LogP contribution in [0.1, 0.15) is 5.56 Å². The summed E-state index contributed by atoms with van der Waals surface area (Å²) < 4.78 is 0.511. The molecule has 1 heterocycles. The van der Waals surface area contributed by atoms with E-state index in [0.717, 1.165) is 16.9 Å². The molecule has 1 aliphatic rings. The number of carbonyl (C=O) groups excluding carboxylic acids is 1. The molecule has 1 N–H and O–H groups in total. The van der Waals surface area contributed by atoms with Crippen molar-refractivity contribution >= 4 is 51.7 Å². The quantitative estimate of drug-likeness (QED) is 0.684. The molecule has 0 atom stereocenters. The zero-order chi connectivity index (χ0) is 15.5. The molecule has 1 aliphatic heterocycles. The maximum atomic E-state index is 11.7. The fourth-order valence-electron chi connectivity index (χ4n) is 2.17. The van der Waals surface area contributed by atoms with E-state index in [0.29, 0.717) is 9.23 Å². The second kappa shape index (κ2) is 6.34. The van der Waals surface area contributed by atoms with Crippen molar-refractivity contribution in [1.82, 2.24) is 5.32 Å². The van der Waals surface area contributed by atoms with Crippen molar-refractivity contribution in [2.24, 2.45) is 0 Å². The number of para-hydroxylation sites is 1. The molecule has 0 saturated carbocycles. The van der Waals surface area contributed by atoms with Crippen LogP contribution in [0.25, 0.3) is 6.08 Å². The lowest BCUT2D eigenvalue weighted by Crippen LogP contribution is -2.17. The van der Waals surface area contributed by atoms with E-state index in [-0.39, 0.29) is 5.91 Å². The number of hydrogen-bond acceptors (Lipinski definition) is 4. The highest BCUT2D eigenvalue weighted by Crippen LogP contribution is 2.27. The van der Waals surface area contributed by atoms with Crippen molar-refractivity contribution in [2.45, 2.75) is 0 Å². The average molecular weight is 326 g/mol. The van der Waals surface area contributed by atoms with Gasteiger partial charge in [0.15, 0.2) is 0 Å². The number of thioether (sulfide) groups is 1. The van der Waals surface area contributed by atoms with Crippen LogP contribution in [0.4, 0.5) is 11.4 Å². The van der Waals surface area contributed by atoms with Gasteiger partial charge in [0.05, 0.1) is 4.91 Å². The first kappa shape index (κ1) is 14.8. The third-order valence-electron chi connectivity index (χ3n) is 3.36. The molecule has 22 heavy (non-hydrogen) atoms. The first-order valence-electron chi connectivity index (χ1n) is 6.77. The summed E-state index contributed by atoms with van der Waals surface area (Å²) in [6.07, 6.45) is 1.85. The van der Waals surface area contributed by atoms with E-state index < -0.39 is 0 Å². The molecule has 5 heteroatoms. The Hall–Kier alpha value is -2.11. The standard InChI is InChI=1S/C17H14N2OS2/c1-19(13-5-3-2-4-6-13)14-9-7-12(8-10-14)11-15-16(20)18-17(21)22-15/h2-11H,1H3,(H,18,20,21)/b15-11+. The number of carbonyl (C=O) groups is 1. The second-order valence-electron chi connectivity index (χ2n) is 4.84. The van der Waals surface area contributed by atoms with Crippen LogP contribution in [0.5, 0.6) is 0 Å². The lowest BCUT2D eigenvalue weighted by Gasteiger charge is -2.19. The van der Waals surface area contributed by atoms with Crippen LogP contribution in [-0.2, 0) is 4.79 Å². The van der Waals surface area contributed by atoms with E-state index in [4.69, 9.17) is 12.2 Å². The molecule has 1 amide bonds. The van der Waals surface area contributed by atoms with E-state index in [9.17, 15) is 4.79 Å². The molecule has 0 unspecified atom stereocenters. The molecule has 0 radical (unpaired) electrons. The summed E-state index contributed by atoms with van der Waals surface area (Å²) >= 11 is 6.28. The third kappa shape index (κ3) is 3.21. The van der Waals surface area contributed by atoms with Crippen molar-refractivity contribution in [3.63, 3.8) is 0 Å². The van der Waals surface area contributed by atoms with Crippen molar-refractivity contribution in [3.05, 3.63) is 65.1 Å². The van der Waals surface area contributed by atoms with E-state index >= 15 is 0 Å². The molecule has 0 aliphatic carbocycles. The van der Waals surface area contributed by atoms with E-state index in [1.165, 1.54) is 11.8 Å². The van der Waals surface area contributed by atoms with Crippen LogP contribution < -0.4 is 10.2 Å². The monoisotopic (exact) mass is 326 g/mol. The van der Waals surface area contributed by atoms with Gasteiger partial charge < -0.3 is 10.2 Å². The second-order valence-corrected chi connectivity index (χ2v) is 6.56. The maximum absolute atomic E-state index is 11.7. The highest BCUT2D eigenvalue weighted by atomic mass is 32.2. The predicted molar refractivity (Wildman–Crippen MR) is 97.3 cm³/mol. The Morgan fingerprint density at radius 2 is 1.68 bits per heavy atom. The number of nitrogens with zero attached hydrogens (tertiary/aromatic N) is 1. The Morgan fingerprint density at radius 1 is 1.05 bits per heavy atom. The molecule has 3 rings (SSSR count). The molecule has 0 aromatic heterocycles. The number of nitrogens with one attached hydrogen (secondary N) is 1. The van der Waals surface area contributed by atoms with Crippen molar-refractivity contribution < 1.29 is 4.79 Å². The van der Waals surface area contributed by atoms with Crippen molar-refractivity contribution in [2.75, 3.05) is 11.9 Å². The molecule has 2 aromatic carbocycles. The Balaban J connectivity index is 1.80. The van der Waals surface area contributed by atoms with Gasteiger partial charge in [-0.15, -0.1) is 0 Å². The van der Waals surface area contributed by atoms with Crippen LogP contribution in [0.3, 0.4) is 0 Å². The van der Waals surface area contributed by atoms with Gasteiger partial charge in [-0.25, -0.2) is 0 Å². The fraction of sp³-hybridized carbons (Fsp3) is 0.0588. The Labute approximate surface area is 139 Å². The summed E-state index contributed by atoms with van der Waals surface area (Å²) in [7, 11) is 2.03. The normalized spacial score (nSPS) is 16.0. The first-order valence-corrected chi connectivity index (χ1v) is 8.00. The minimum Gasteiger partial charge on any atom is -0.345 e. The average Bonchev–Trinajstić information content (AvgIpc) is 2.86. The molecular formula is C17H14N2OS2. The van der Waals surface area contributed by atoms with Gasteiger partial charge in [0.2, 0.25) is 0 Å². The molecule has 1 saturated heterocycles. The summed E-state index contributed by atoms with van der Waals surface area (Å²) in [6, 6.07) is 18.2. The largest absolute Gasteiger partial charge is 0.345 e.